The van der Waals surface area contributed by atoms with Gasteiger partial charge in [-0.2, -0.15) is 0 Å². The molecule has 0 unspecified atom stereocenters. The molecule has 0 N–H and O–H groups in total. The van der Waals surface area contributed by atoms with Gasteiger partial charge in [-0.25, -0.2) is 9.97 Å². The Morgan fingerprint density at radius 3 is 2.27 bits per heavy atom. The first-order valence-electron chi connectivity index (χ1n) is 16.8. The maximum atomic E-state index is 5.40. The Morgan fingerprint density at radius 1 is 0.592 bits per heavy atom. The highest BCUT2D eigenvalue weighted by Gasteiger charge is 2.35. The van der Waals surface area contributed by atoms with Gasteiger partial charge in [0.25, 0.3) is 0 Å². The number of nitrogens with zero attached hydrogens (tertiary/aromatic N) is 3. The predicted octanol–water partition coefficient (Wildman–Crippen LogP) is 12.2. The van der Waals surface area contributed by atoms with Crippen LogP contribution in [0.4, 0.5) is 0 Å². The number of hydrogen-bond donors (Lipinski definition) is 0. The van der Waals surface area contributed by atoms with Crippen LogP contribution < -0.4 is 0 Å². The molecule has 7 aromatic carbocycles. The van der Waals surface area contributed by atoms with Gasteiger partial charge in [-0.05, 0) is 58.3 Å². The summed E-state index contributed by atoms with van der Waals surface area (Å²) in [4.78, 5) is 10.6. The van der Waals surface area contributed by atoms with Crippen molar-refractivity contribution < 1.29 is 0 Å². The normalized spacial score (nSPS) is 13.7. The molecule has 3 nitrogen and oxygen atoms in total. The second kappa shape index (κ2) is 9.62. The summed E-state index contributed by atoms with van der Waals surface area (Å²) < 4.78 is 5.05. The molecule has 0 bridgehead atoms. The van der Waals surface area contributed by atoms with Gasteiger partial charge in [-0.15, -0.1) is 11.3 Å². The summed E-state index contributed by atoms with van der Waals surface area (Å²) in [6.45, 7) is 4.72. The number of para-hydroxylation sites is 2. The van der Waals surface area contributed by atoms with E-state index in [0.29, 0.717) is 0 Å². The van der Waals surface area contributed by atoms with Gasteiger partial charge >= 0.3 is 0 Å². The van der Waals surface area contributed by atoms with Crippen LogP contribution in [0.3, 0.4) is 0 Å². The van der Waals surface area contributed by atoms with Crippen molar-refractivity contribution in [2.45, 2.75) is 19.3 Å². The van der Waals surface area contributed by atoms with E-state index in [0.717, 1.165) is 33.5 Å². The van der Waals surface area contributed by atoms with E-state index >= 15 is 0 Å². The molecule has 0 amide bonds. The molecule has 0 spiro atoms. The van der Waals surface area contributed by atoms with Gasteiger partial charge in [0, 0.05) is 52.9 Å². The van der Waals surface area contributed by atoms with E-state index in [1.165, 1.54) is 69.6 Å². The van der Waals surface area contributed by atoms with Crippen LogP contribution in [0.5, 0.6) is 0 Å². The van der Waals surface area contributed by atoms with Gasteiger partial charge in [0.15, 0.2) is 5.82 Å². The third-order valence-electron chi connectivity index (χ3n) is 10.8. The fourth-order valence-electron chi connectivity index (χ4n) is 8.45. The number of thiophene rings is 1. The van der Waals surface area contributed by atoms with Crippen LogP contribution in [0.1, 0.15) is 25.0 Å². The van der Waals surface area contributed by atoms with Gasteiger partial charge in [-0.1, -0.05) is 117 Å². The Kier molecular flexibility index (Phi) is 5.33. The molecule has 0 atom stereocenters. The Morgan fingerprint density at radius 2 is 1.35 bits per heavy atom. The van der Waals surface area contributed by atoms with Crippen molar-refractivity contribution in [1.29, 1.82) is 0 Å². The average molecular weight is 644 g/mol. The Balaban J connectivity index is 1.17. The second-order valence-corrected chi connectivity index (χ2v) is 14.8. The number of aromatic nitrogens is 3. The lowest BCUT2D eigenvalue weighted by atomic mass is 9.74. The maximum absolute atomic E-state index is 5.40. The zero-order valence-electron chi connectivity index (χ0n) is 27.0. The van der Waals surface area contributed by atoms with E-state index in [1.54, 1.807) is 0 Å². The quantitative estimate of drug-likeness (QED) is 0.188. The van der Waals surface area contributed by atoms with Crippen molar-refractivity contribution in [2.24, 2.45) is 0 Å². The van der Waals surface area contributed by atoms with Crippen molar-refractivity contribution >= 4 is 75.0 Å². The smallest absolute Gasteiger partial charge is 0.160 e. The SMILES string of the molecule is CC1(C)c2cc(-c3nc(-c4cccc5c4sc4ccccc45)c4ccccc4n3)ccc2-n2c3ccc4ccccc4c3c3cccc1c32. The van der Waals surface area contributed by atoms with Crippen molar-refractivity contribution in [3.8, 4) is 28.3 Å². The zero-order valence-corrected chi connectivity index (χ0v) is 27.8. The molecule has 3 aromatic heterocycles. The van der Waals surface area contributed by atoms with E-state index in [-0.39, 0.29) is 5.41 Å². The summed E-state index contributed by atoms with van der Waals surface area (Å²) in [6.07, 6.45) is 0. The number of fused-ring (bicyclic) bond motifs is 11. The first-order chi connectivity index (χ1) is 24.1. The van der Waals surface area contributed by atoms with E-state index in [4.69, 9.17) is 9.97 Å². The first-order valence-corrected chi connectivity index (χ1v) is 17.7. The van der Waals surface area contributed by atoms with Crippen LogP contribution in [0.15, 0.2) is 140 Å². The van der Waals surface area contributed by atoms with Gasteiger partial charge in [0.2, 0.25) is 0 Å². The van der Waals surface area contributed by atoms with Crippen LogP contribution in [-0.4, -0.2) is 14.5 Å². The molecule has 1 aliphatic heterocycles. The van der Waals surface area contributed by atoms with Crippen molar-refractivity contribution in [3.05, 3.63) is 151 Å². The lowest BCUT2D eigenvalue weighted by Gasteiger charge is -2.35. The van der Waals surface area contributed by atoms with Gasteiger partial charge in [0.05, 0.1) is 27.9 Å². The van der Waals surface area contributed by atoms with Gasteiger partial charge in [0.1, 0.15) is 0 Å². The standard InChI is InChI=1S/C45H29N3S/c1-45(2)34-18-10-16-32-40-28-12-4-3-11-26(28)21-24-38(40)48(42(32)34)37-23-22-27(25-35(37)45)44-46-36-19-7-5-14-31(36)41(47-44)33-17-9-15-30-29-13-6-8-20-39(29)49-43(30)33/h3-25H,1-2H3. The Hall–Kier alpha value is -5.84. The molecular weight excluding hydrogens is 615 g/mol. The topological polar surface area (TPSA) is 30.7 Å². The van der Waals surface area contributed by atoms with Crippen LogP contribution in [0.2, 0.25) is 0 Å². The molecule has 1 aliphatic rings. The van der Waals surface area contributed by atoms with E-state index in [2.05, 4.69) is 158 Å². The van der Waals surface area contributed by atoms with E-state index in [9.17, 15) is 0 Å². The maximum Gasteiger partial charge on any atom is 0.160 e. The monoisotopic (exact) mass is 643 g/mol. The molecule has 4 heterocycles. The van der Waals surface area contributed by atoms with Crippen LogP contribution in [0.25, 0.3) is 92.0 Å². The Labute approximate surface area is 286 Å². The molecule has 11 rings (SSSR count). The van der Waals surface area contributed by atoms with Gasteiger partial charge in [-0.3, -0.25) is 0 Å². The molecule has 49 heavy (non-hydrogen) atoms. The molecule has 0 aliphatic carbocycles. The largest absolute Gasteiger partial charge is 0.309 e. The summed E-state index contributed by atoms with van der Waals surface area (Å²) in [5.74, 6) is 0.748. The van der Waals surface area contributed by atoms with Crippen molar-refractivity contribution in [3.63, 3.8) is 0 Å². The molecule has 10 aromatic rings. The van der Waals surface area contributed by atoms with Crippen LogP contribution in [-0.2, 0) is 5.41 Å². The summed E-state index contributed by atoms with van der Waals surface area (Å²) in [7, 11) is 0. The van der Waals surface area contributed by atoms with Crippen LogP contribution in [0, 0.1) is 0 Å². The lowest BCUT2D eigenvalue weighted by molar-refractivity contribution is 0.630. The van der Waals surface area contributed by atoms with Crippen LogP contribution >= 0.6 is 11.3 Å². The minimum Gasteiger partial charge on any atom is -0.309 e. The third-order valence-corrected chi connectivity index (χ3v) is 12.0. The lowest BCUT2D eigenvalue weighted by Crippen LogP contribution is -2.26. The molecule has 0 saturated heterocycles. The van der Waals surface area contributed by atoms with E-state index < -0.39 is 0 Å². The minimum absolute atomic E-state index is 0.229. The minimum atomic E-state index is -0.229. The number of hydrogen-bond acceptors (Lipinski definition) is 3. The molecular formula is C45H29N3S. The van der Waals surface area contributed by atoms with Crippen molar-refractivity contribution in [2.75, 3.05) is 0 Å². The predicted molar refractivity (Wildman–Crippen MR) is 207 cm³/mol. The summed E-state index contributed by atoms with van der Waals surface area (Å²) in [5.41, 5.74) is 10.3. The number of benzene rings is 7. The highest BCUT2D eigenvalue weighted by molar-refractivity contribution is 7.26. The molecule has 0 saturated carbocycles. The fourth-order valence-corrected chi connectivity index (χ4v) is 9.67. The van der Waals surface area contributed by atoms with E-state index in [1.807, 2.05) is 11.3 Å². The highest BCUT2D eigenvalue weighted by atomic mass is 32.1. The van der Waals surface area contributed by atoms with Crippen molar-refractivity contribution in [1.82, 2.24) is 14.5 Å². The molecule has 0 radical (unpaired) electrons. The highest BCUT2D eigenvalue weighted by Crippen LogP contribution is 2.49. The molecule has 230 valence electrons. The molecule has 4 heteroatoms. The zero-order chi connectivity index (χ0) is 32.4. The summed E-state index contributed by atoms with van der Waals surface area (Å²) in [6, 6.07) is 50.7. The molecule has 0 fully saturated rings. The number of rotatable bonds is 2. The average Bonchev–Trinajstić information content (AvgIpc) is 3.70. The first kappa shape index (κ1) is 27.1. The second-order valence-electron chi connectivity index (χ2n) is 13.8. The Bertz CT molecular complexity index is 3030. The fraction of sp³-hybridized carbons (Fsp3) is 0.0667. The third kappa shape index (κ3) is 3.61. The van der Waals surface area contributed by atoms with Gasteiger partial charge < -0.3 is 4.57 Å². The summed E-state index contributed by atoms with van der Waals surface area (Å²) >= 11 is 1.84. The summed E-state index contributed by atoms with van der Waals surface area (Å²) in [5, 5.41) is 8.82.